The summed E-state index contributed by atoms with van der Waals surface area (Å²) >= 11 is 0. The minimum Gasteiger partial charge on any atom is -0.451 e. The largest absolute Gasteiger partial charge is 0.451 e. The maximum atomic E-state index is 13.1. The number of aromatic nitrogens is 1. The highest BCUT2D eigenvalue weighted by atomic mass is 16.7. The van der Waals surface area contributed by atoms with Gasteiger partial charge in [0, 0.05) is 24.0 Å². The van der Waals surface area contributed by atoms with Gasteiger partial charge in [-0.05, 0) is 36.8 Å². The van der Waals surface area contributed by atoms with E-state index in [-0.39, 0.29) is 24.5 Å². The van der Waals surface area contributed by atoms with Gasteiger partial charge in [-0.3, -0.25) is 0 Å². The van der Waals surface area contributed by atoms with Crippen LogP contribution in [0.4, 0.5) is 0 Å². The zero-order valence-electron chi connectivity index (χ0n) is 20.2. The molecule has 4 saturated carbocycles. The number of aromatic amines is 1. The summed E-state index contributed by atoms with van der Waals surface area (Å²) in [4.78, 5) is 15.9. The Labute approximate surface area is 198 Å². The van der Waals surface area contributed by atoms with Gasteiger partial charge in [0.1, 0.15) is 28.1 Å². The van der Waals surface area contributed by atoms with Crippen LogP contribution in [0.1, 0.15) is 64.4 Å². The highest BCUT2D eigenvalue weighted by Crippen LogP contribution is 2.89. The van der Waals surface area contributed by atoms with Gasteiger partial charge in [-0.1, -0.05) is 34.6 Å². The van der Waals surface area contributed by atoms with Crippen LogP contribution >= 0.6 is 0 Å². The normalized spacial score (nSPS) is 59.0. The molecule has 1 aromatic heterocycles. The number of aliphatic hydroxyl groups is 5. The van der Waals surface area contributed by atoms with Gasteiger partial charge in [0.15, 0.2) is 11.9 Å². The number of ether oxygens (including phenoxy) is 2. The molecule has 0 amide bonds. The smallest absolute Gasteiger partial charge is 0.355 e. The summed E-state index contributed by atoms with van der Waals surface area (Å²) in [6.45, 7) is 8.63. The molecule has 6 aliphatic rings. The van der Waals surface area contributed by atoms with Crippen LogP contribution in [0.2, 0.25) is 0 Å². The van der Waals surface area contributed by atoms with Gasteiger partial charge in [0.05, 0.1) is 11.5 Å². The van der Waals surface area contributed by atoms with Crippen LogP contribution in [0.5, 0.6) is 0 Å². The summed E-state index contributed by atoms with van der Waals surface area (Å²) in [6, 6.07) is 3.17. The fraction of sp³-hybridized carbons (Fsp3) is 0.800. The molecule has 0 aromatic carbocycles. The highest BCUT2D eigenvalue weighted by molar-refractivity contribution is 5.87. The van der Waals surface area contributed by atoms with E-state index in [0.717, 1.165) is 0 Å². The maximum Gasteiger partial charge on any atom is 0.355 e. The predicted molar refractivity (Wildman–Crippen MR) is 117 cm³/mol. The molecule has 188 valence electrons. The molecule has 6 fully saturated rings. The van der Waals surface area contributed by atoms with Crippen molar-refractivity contribution in [2.24, 2.45) is 28.6 Å². The molecular weight excluding hydrogens is 442 g/mol. The number of rotatable bonds is 3. The van der Waals surface area contributed by atoms with Crippen molar-refractivity contribution in [2.75, 3.05) is 0 Å². The molecule has 9 nitrogen and oxygen atoms in total. The number of carbonyl (C=O) groups is 1. The van der Waals surface area contributed by atoms with Crippen LogP contribution in [0, 0.1) is 28.6 Å². The molecule has 1 spiro atoms. The number of hydrogen-bond acceptors (Lipinski definition) is 8. The topological polar surface area (TPSA) is 152 Å². The lowest BCUT2D eigenvalue weighted by Crippen LogP contribution is -2.73. The fourth-order valence-corrected chi connectivity index (χ4v) is 9.52. The summed E-state index contributed by atoms with van der Waals surface area (Å²) in [7, 11) is 0. The SMILES string of the molecule is CC1CCC2(O)C3(OC4(O)CC2(C)[C@]2(O)C(OC(=O)c5ccc[nH]5)C(O)(C(C)C)C4(C)C32)C1O. The number of hydrogen-bond donors (Lipinski definition) is 6. The molecule has 2 saturated heterocycles. The van der Waals surface area contributed by atoms with E-state index in [1.807, 2.05) is 6.92 Å². The van der Waals surface area contributed by atoms with E-state index < -0.39 is 69.0 Å². The fourth-order valence-electron chi connectivity index (χ4n) is 9.52. The molecule has 4 aliphatic carbocycles. The van der Waals surface area contributed by atoms with Gasteiger partial charge in [-0.2, -0.15) is 0 Å². The van der Waals surface area contributed by atoms with E-state index in [4.69, 9.17) is 9.47 Å². The lowest BCUT2D eigenvalue weighted by atomic mass is 9.54. The Bertz CT molecular complexity index is 1080. The lowest BCUT2D eigenvalue weighted by Gasteiger charge is -2.61. The van der Waals surface area contributed by atoms with Gasteiger partial charge in [0.2, 0.25) is 0 Å². The van der Waals surface area contributed by atoms with Crippen LogP contribution < -0.4 is 0 Å². The second-order valence-electron chi connectivity index (χ2n) is 12.3. The number of H-pyrrole nitrogens is 1. The summed E-state index contributed by atoms with van der Waals surface area (Å²) in [5.74, 6) is -4.66. The Morgan fingerprint density at radius 2 is 1.91 bits per heavy atom. The molecule has 7 rings (SSSR count). The van der Waals surface area contributed by atoms with Crippen LogP contribution in [0.25, 0.3) is 0 Å². The molecule has 34 heavy (non-hydrogen) atoms. The summed E-state index contributed by atoms with van der Waals surface area (Å²) in [6.07, 6.45) is -0.551. The van der Waals surface area contributed by atoms with E-state index in [0.29, 0.717) is 6.42 Å². The molecule has 6 N–H and O–H groups in total. The van der Waals surface area contributed by atoms with E-state index in [1.54, 1.807) is 40.0 Å². The number of nitrogens with one attached hydrogen (secondary N) is 1. The van der Waals surface area contributed by atoms with E-state index in [9.17, 15) is 30.3 Å². The molecule has 1 aromatic rings. The minimum atomic E-state index is -1.98. The van der Waals surface area contributed by atoms with Gasteiger partial charge >= 0.3 is 5.97 Å². The van der Waals surface area contributed by atoms with Crippen LogP contribution in [-0.2, 0) is 9.47 Å². The van der Waals surface area contributed by atoms with Crippen molar-refractivity contribution >= 4 is 5.97 Å². The minimum absolute atomic E-state index is 0.155. The van der Waals surface area contributed by atoms with Crippen molar-refractivity contribution in [1.82, 2.24) is 4.98 Å². The maximum absolute atomic E-state index is 13.1. The zero-order valence-corrected chi connectivity index (χ0v) is 20.2. The first-order valence-corrected chi connectivity index (χ1v) is 12.3. The van der Waals surface area contributed by atoms with Crippen molar-refractivity contribution in [1.29, 1.82) is 0 Å². The number of carbonyl (C=O) groups excluding carboxylic acids is 1. The first kappa shape index (κ1) is 22.9. The van der Waals surface area contributed by atoms with Gasteiger partial charge < -0.3 is 40.0 Å². The Kier molecular flexibility index (Phi) is 3.98. The standard InChI is InChI=1S/C25H35NO8/c1-12(2)23(31)18(33-16(28)14-7-6-10-26-14)24(32)17-20(23,5)22(30)11-19(24,4)21(29)9-8-13(3)15(27)25(17,21)34-22/h6-7,10,12-13,15,17-18,26-27,29-32H,8-9,11H2,1-5H3/t13?,15?,17?,18?,19?,20?,21?,22?,23?,24-,25?/m1/s1. The van der Waals surface area contributed by atoms with E-state index >= 15 is 0 Å². The molecular formula is C25H35NO8. The quantitative estimate of drug-likeness (QED) is 0.348. The van der Waals surface area contributed by atoms with Crippen LogP contribution in [-0.4, -0.2) is 76.9 Å². The Morgan fingerprint density at radius 1 is 1.24 bits per heavy atom. The molecule has 6 bridgehead atoms. The Morgan fingerprint density at radius 3 is 2.50 bits per heavy atom. The monoisotopic (exact) mass is 477 g/mol. The summed E-state index contributed by atoms with van der Waals surface area (Å²) in [5, 5.41) is 61.1. The van der Waals surface area contributed by atoms with Crippen molar-refractivity contribution in [3.05, 3.63) is 24.0 Å². The average Bonchev–Trinajstić information content (AvgIpc) is 3.40. The molecule has 2 aliphatic heterocycles. The molecule has 3 heterocycles. The van der Waals surface area contributed by atoms with Gasteiger partial charge in [-0.15, -0.1) is 0 Å². The first-order chi connectivity index (χ1) is 15.6. The van der Waals surface area contributed by atoms with E-state index in [1.165, 1.54) is 6.07 Å². The number of esters is 1. The van der Waals surface area contributed by atoms with Crippen molar-refractivity contribution in [3.8, 4) is 0 Å². The first-order valence-electron chi connectivity index (χ1n) is 12.3. The molecule has 11 atom stereocenters. The Hall–Kier alpha value is -1.49. The lowest BCUT2D eigenvalue weighted by molar-refractivity contribution is -0.390. The third-order valence-electron chi connectivity index (χ3n) is 11.1. The third-order valence-corrected chi connectivity index (χ3v) is 11.1. The van der Waals surface area contributed by atoms with Crippen molar-refractivity contribution in [2.45, 2.75) is 94.3 Å². The highest BCUT2D eigenvalue weighted by Gasteiger charge is 3.04. The third kappa shape index (κ3) is 1.77. The predicted octanol–water partition coefficient (Wildman–Crippen LogP) is 0.697. The molecule has 10 unspecified atom stereocenters. The summed E-state index contributed by atoms with van der Waals surface area (Å²) < 4.78 is 12.3. The van der Waals surface area contributed by atoms with Crippen LogP contribution in [0.15, 0.2) is 18.3 Å². The second kappa shape index (κ2) is 5.90. The molecule has 0 radical (unpaired) electrons. The zero-order chi connectivity index (χ0) is 24.9. The second-order valence-corrected chi connectivity index (χ2v) is 12.3. The average molecular weight is 478 g/mol. The van der Waals surface area contributed by atoms with Crippen LogP contribution in [0.3, 0.4) is 0 Å². The van der Waals surface area contributed by atoms with Crippen molar-refractivity contribution < 1.29 is 39.8 Å². The summed E-state index contributed by atoms with van der Waals surface area (Å²) in [5.41, 5.74) is -10.2. The Balaban J connectivity index is 1.64. The van der Waals surface area contributed by atoms with E-state index in [2.05, 4.69) is 4.98 Å². The van der Waals surface area contributed by atoms with Gasteiger partial charge in [0.25, 0.3) is 0 Å². The number of aliphatic hydroxyl groups excluding tert-OH is 1. The molecule has 9 heteroatoms. The van der Waals surface area contributed by atoms with Crippen molar-refractivity contribution in [3.63, 3.8) is 0 Å². The van der Waals surface area contributed by atoms with Gasteiger partial charge in [-0.25, -0.2) is 4.79 Å².